The summed E-state index contributed by atoms with van der Waals surface area (Å²) in [5.74, 6) is 0. The van der Waals surface area contributed by atoms with Gasteiger partial charge in [-0.25, -0.2) is 0 Å². The van der Waals surface area contributed by atoms with E-state index in [0.717, 1.165) is 25.9 Å². The first kappa shape index (κ1) is 7.03. The van der Waals surface area contributed by atoms with Crippen molar-refractivity contribution in [1.29, 1.82) is 0 Å². The van der Waals surface area contributed by atoms with Crippen molar-refractivity contribution in [3.05, 3.63) is 0 Å². The van der Waals surface area contributed by atoms with E-state index in [0.29, 0.717) is 0 Å². The highest BCUT2D eigenvalue weighted by Gasteiger charge is 2.21. The third-order valence-corrected chi connectivity index (χ3v) is 1.81. The SMILES string of the molecule is CC[C@H](O)[C@@H]1CCCO1. The molecule has 1 rings (SSSR count). The van der Waals surface area contributed by atoms with E-state index in [1.165, 1.54) is 0 Å². The van der Waals surface area contributed by atoms with Gasteiger partial charge in [0.1, 0.15) is 0 Å². The van der Waals surface area contributed by atoms with Gasteiger partial charge in [0.2, 0.25) is 0 Å². The quantitative estimate of drug-likeness (QED) is 0.602. The summed E-state index contributed by atoms with van der Waals surface area (Å²) in [6.45, 7) is 2.81. The largest absolute Gasteiger partial charge is 0.390 e. The van der Waals surface area contributed by atoms with Gasteiger partial charge in [0, 0.05) is 6.61 Å². The van der Waals surface area contributed by atoms with Crippen LogP contribution in [0.2, 0.25) is 0 Å². The van der Waals surface area contributed by atoms with Crippen LogP contribution < -0.4 is 0 Å². The van der Waals surface area contributed by atoms with E-state index in [2.05, 4.69) is 0 Å². The third-order valence-electron chi connectivity index (χ3n) is 1.81. The molecule has 0 aliphatic carbocycles. The lowest BCUT2D eigenvalue weighted by molar-refractivity contribution is -0.00279. The van der Waals surface area contributed by atoms with Gasteiger partial charge in [-0.15, -0.1) is 0 Å². The summed E-state index contributed by atoms with van der Waals surface area (Å²) >= 11 is 0. The fourth-order valence-corrected chi connectivity index (χ4v) is 1.17. The molecule has 2 heteroatoms. The number of hydrogen-bond donors (Lipinski definition) is 1. The van der Waals surface area contributed by atoms with Crippen molar-refractivity contribution in [2.45, 2.75) is 38.4 Å². The Labute approximate surface area is 55.8 Å². The van der Waals surface area contributed by atoms with Crippen molar-refractivity contribution in [2.24, 2.45) is 0 Å². The molecule has 0 bridgehead atoms. The minimum atomic E-state index is -0.229. The zero-order valence-electron chi connectivity index (χ0n) is 5.84. The molecule has 1 heterocycles. The summed E-state index contributed by atoms with van der Waals surface area (Å²) in [4.78, 5) is 0. The van der Waals surface area contributed by atoms with Crippen molar-refractivity contribution < 1.29 is 9.84 Å². The maximum absolute atomic E-state index is 9.23. The Bertz CT molecular complexity index is 77.0. The van der Waals surface area contributed by atoms with Crippen LogP contribution in [0.1, 0.15) is 26.2 Å². The molecule has 2 atom stereocenters. The molecule has 2 nitrogen and oxygen atoms in total. The standard InChI is InChI=1S/C7H14O2/c1-2-6(8)7-4-3-5-9-7/h6-8H,2-5H2,1H3/t6-,7-/m0/s1. The number of ether oxygens (including phenoxy) is 1. The van der Waals surface area contributed by atoms with Gasteiger partial charge in [0.15, 0.2) is 0 Å². The second kappa shape index (κ2) is 3.18. The Morgan fingerprint density at radius 2 is 2.56 bits per heavy atom. The summed E-state index contributed by atoms with van der Waals surface area (Å²) in [6, 6.07) is 0. The van der Waals surface area contributed by atoms with Crippen molar-refractivity contribution in [2.75, 3.05) is 6.61 Å². The Morgan fingerprint density at radius 3 is 3.00 bits per heavy atom. The molecule has 0 saturated carbocycles. The molecular weight excluding hydrogens is 116 g/mol. The van der Waals surface area contributed by atoms with Crippen LogP contribution in [-0.2, 0) is 4.74 Å². The van der Waals surface area contributed by atoms with Crippen LogP contribution in [0, 0.1) is 0 Å². The highest BCUT2D eigenvalue weighted by molar-refractivity contribution is 4.71. The van der Waals surface area contributed by atoms with Gasteiger partial charge in [-0.2, -0.15) is 0 Å². The Hall–Kier alpha value is -0.0800. The van der Waals surface area contributed by atoms with Crippen LogP contribution in [0.25, 0.3) is 0 Å². The molecule has 0 aromatic rings. The molecule has 0 aromatic carbocycles. The zero-order valence-corrected chi connectivity index (χ0v) is 5.84. The second-order valence-electron chi connectivity index (χ2n) is 2.53. The lowest BCUT2D eigenvalue weighted by Crippen LogP contribution is -2.23. The van der Waals surface area contributed by atoms with Gasteiger partial charge in [0.25, 0.3) is 0 Å². The fraction of sp³-hybridized carbons (Fsp3) is 1.00. The number of hydrogen-bond acceptors (Lipinski definition) is 2. The van der Waals surface area contributed by atoms with E-state index in [4.69, 9.17) is 4.74 Å². The van der Waals surface area contributed by atoms with Gasteiger partial charge < -0.3 is 9.84 Å². The zero-order chi connectivity index (χ0) is 6.69. The minimum absolute atomic E-state index is 0.134. The summed E-state index contributed by atoms with van der Waals surface area (Å²) in [5, 5.41) is 9.23. The van der Waals surface area contributed by atoms with E-state index >= 15 is 0 Å². The lowest BCUT2D eigenvalue weighted by atomic mass is 10.1. The molecule has 9 heavy (non-hydrogen) atoms. The molecule has 1 saturated heterocycles. The molecular formula is C7H14O2. The molecule has 1 fully saturated rings. The summed E-state index contributed by atoms with van der Waals surface area (Å²) in [6.07, 6.45) is 2.86. The maximum Gasteiger partial charge on any atom is 0.0834 e. The van der Waals surface area contributed by atoms with Crippen LogP contribution in [0.4, 0.5) is 0 Å². The molecule has 0 amide bonds. The Balaban J connectivity index is 2.24. The maximum atomic E-state index is 9.23. The molecule has 54 valence electrons. The van der Waals surface area contributed by atoms with E-state index in [9.17, 15) is 5.11 Å². The van der Waals surface area contributed by atoms with E-state index < -0.39 is 0 Å². The first-order valence-corrected chi connectivity index (χ1v) is 3.64. The molecule has 0 unspecified atom stereocenters. The van der Waals surface area contributed by atoms with Crippen molar-refractivity contribution in [3.8, 4) is 0 Å². The van der Waals surface area contributed by atoms with Crippen molar-refractivity contribution in [1.82, 2.24) is 0 Å². The summed E-state index contributed by atoms with van der Waals surface area (Å²) in [7, 11) is 0. The average Bonchev–Trinajstić information content (AvgIpc) is 2.37. The fourth-order valence-electron chi connectivity index (χ4n) is 1.17. The molecule has 0 aromatic heterocycles. The number of aliphatic hydroxyl groups is 1. The lowest BCUT2D eigenvalue weighted by Gasteiger charge is -2.14. The minimum Gasteiger partial charge on any atom is -0.390 e. The molecule has 0 spiro atoms. The van der Waals surface area contributed by atoms with Crippen LogP contribution in [-0.4, -0.2) is 23.9 Å². The van der Waals surface area contributed by atoms with Crippen molar-refractivity contribution in [3.63, 3.8) is 0 Å². The summed E-state index contributed by atoms with van der Waals surface area (Å²) < 4.78 is 5.26. The molecule has 1 aliphatic heterocycles. The van der Waals surface area contributed by atoms with Gasteiger partial charge in [-0.3, -0.25) is 0 Å². The van der Waals surface area contributed by atoms with Gasteiger partial charge in [0.05, 0.1) is 12.2 Å². The van der Waals surface area contributed by atoms with E-state index in [-0.39, 0.29) is 12.2 Å². The normalized spacial score (nSPS) is 30.7. The topological polar surface area (TPSA) is 29.5 Å². The van der Waals surface area contributed by atoms with Crippen LogP contribution in [0.5, 0.6) is 0 Å². The number of aliphatic hydroxyl groups excluding tert-OH is 1. The second-order valence-corrected chi connectivity index (χ2v) is 2.53. The average molecular weight is 130 g/mol. The van der Waals surface area contributed by atoms with E-state index in [1.54, 1.807) is 0 Å². The van der Waals surface area contributed by atoms with Crippen LogP contribution >= 0.6 is 0 Å². The Kier molecular flexibility index (Phi) is 2.49. The predicted molar refractivity (Wildman–Crippen MR) is 35.3 cm³/mol. The predicted octanol–water partition coefficient (Wildman–Crippen LogP) is 0.936. The monoisotopic (exact) mass is 130 g/mol. The van der Waals surface area contributed by atoms with Crippen LogP contribution in [0.15, 0.2) is 0 Å². The van der Waals surface area contributed by atoms with Crippen LogP contribution in [0.3, 0.4) is 0 Å². The first-order valence-electron chi connectivity index (χ1n) is 3.64. The van der Waals surface area contributed by atoms with Gasteiger partial charge >= 0.3 is 0 Å². The third kappa shape index (κ3) is 1.66. The highest BCUT2D eigenvalue weighted by Crippen LogP contribution is 2.16. The summed E-state index contributed by atoms with van der Waals surface area (Å²) in [5.41, 5.74) is 0. The molecule has 0 radical (unpaired) electrons. The molecule has 1 aliphatic rings. The Morgan fingerprint density at radius 1 is 1.78 bits per heavy atom. The first-order chi connectivity index (χ1) is 4.34. The smallest absolute Gasteiger partial charge is 0.0834 e. The number of rotatable bonds is 2. The van der Waals surface area contributed by atoms with Gasteiger partial charge in [-0.05, 0) is 19.3 Å². The van der Waals surface area contributed by atoms with Crippen molar-refractivity contribution >= 4 is 0 Å². The van der Waals surface area contributed by atoms with E-state index in [1.807, 2.05) is 6.92 Å². The molecule has 1 N–H and O–H groups in total. The van der Waals surface area contributed by atoms with Gasteiger partial charge in [-0.1, -0.05) is 6.92 Å². The highest BCUT2D eigenvalue weighted by atomic mass is 16.5.